The second-order valence-corrected chi connectivity index (χ2v) is 6.64. The van der Waals surface area contributed by atoms with E-state index >= 15 is 0 Å². The molecule has 1 rings (SSSR count). The zero-order valence-corrected chi connectivity index (χ0v) is 14.1. The summed E-state index contributed by atoms with van der Waals surface area (Å²) in [5, 5.41) is 0. The number of ether oxygens (including phenoxy) is 1. The summed E-state index contributed by atoms with van der Waals surface area (Å²) in [6.07, 6.45) is 3.43. The number of carbonyl (C=O) groups excluding carboxylic acids is 1. The van der Waals surface area contributed by atoms with Crippen molar-refractivity contribution in [3.8, 4) is 0 Å². The van der Waals surface area contributed by atoms with E-state index in [1.807, 2.05) is 30.3 Å². The summed E-state index contributed by atoms with van der Waals surface area (Å²) in [5.41, 5.74) is 1.07. The molecule has 0 aromatic heterocycles. The maximum Gasteiger partial charge on any atom is 0.306 e. The van der Waals surface area contributed by atoms with Crippen molar-refractivity contribution in [3.05, 3.63) is 35.9 Å². The highest BCUT2D eigenvalue weighted by molar-refractivity contribution is 5.69. The number of nitrogens with zero attached hydrogens (tertiary/aromatic N) is 1. The second-order valence-electron chi connectivity index (χ2n) is 6.64. The highest BCUT2D eigenvalue weighted by atomic mass is 16.5. The Morgan fingerprint density at radius 1 is 1.14 bits per heavy atom. The molecule has 118 valence electrons. The number of esters is 1. The molecule has 0 radical (unpaired) electrons. The van der Waals surface area contributed by atoms with Crippen LogP contribution in [-0.2, 0) is 9.53 Å². The molecular formula is C18H30NO2+. The van der Waals surface area contributed by atoms with Crippen molar-refractivity contribution in [3.63, 3.8) is 0 Å². The van der Waals surface area contributed by atoms with Gasteiger partial charge in [-0.1, -0.05) is 50.1 Å². The van der Waals surface area contributed by atoms with Crippen molar-refractivity contribution in [1.82, 2.24) is 0 Å². The van der Waals surface area contributed by atoms with Gasteiger partial charge >= 0.3 is 5.97 Å². The number of benzene rings is 1. The molecule has 2 atom stereocenters. The van der Waals surface area contributed by atoms with Crippen LogP contribution in [0.1, 0.15) is 51.2 Å². The van der Waals surface area contributed by atoms with Crippen molar-refractivity contribution in [1.29, 1.82) is 0 Å². The first-order valence-electron chi connectivity index (χ1n) is 7.91. The lowest BCUT2D eigenvalue weighted by Crippen LogP contribution is -2.47. The third-order valence-electron chi connectivity index (χ3n) is 4.03. The molecule has 21 heavy (non-hydrogen) atoms. The Morgan fingerprint density at radius 2 is 1.76 bits per heavy atom. The Hall–Kier alpha value is -1.35. The molecule has 0 saturated heterocycles. The van der Waals surface area contributed by atoms with Gasteiger partial charge < -0.3 is 9.22 Å². The van der Waals surface area contributed by atoms with E-state index in [1.165, 1.54) is 0 Å². The molecule has 0 bridgehead atoms. The minimum Gasteiger partial charge on any atom is -0.451 e. The van der Waals surface area contributed by atoms with E-state index < -0.39 is 0 Å². The van der Waals surface area contributed by atoms with Gasteiger partial charge in [-0.05, 0) is 18.9 Å². The molecule has 0 aliphatic rings. The maximum atomic E-state index is 12.1. The fraction of sp³-hybridized carbons (Fsp3) is 0.611. The van der Waals surface area contributed by atoms with Crippen molar-refractivity contribution in [2.24, 2.45) is 0 Å². The molecule has 0 amide bonds. The molecule has 0 N–H and O–H groups in total. The third kappa shape index (κ3) is 5.88. The second kappa shape index (κ2) is 8.18. The molecule has 1 aromatic rings. The Morgan fingerprint density at radius 3 is 2.29 bits per heavy atom. The molecule has 0 aliphatic heterocycles. The summed E-state index contributed by atoms with van der Waals surface area (Å²) >= 11 is 0. The minimum atomic E-state index is -0.194. The number of likely N-dealkylation sites (N-methyl/N-ethyl adjacent to an activating group) is 1. The number of rotatable bonds is 8. The van der Waals surface area contributed by atoms with Crippen LogP contribution < -0.4 is 0 Å². The molecule has 0 fully saturated rings. The summed E-state index contributed by atoms with van der Waals surface area (Å²) in [4.78, 5) is 12.1. The normalized spacial score (nSPS) is 14.5. The number of carbonyl (C=O) groups is 1. The molecule has 0 spiro atoms. The lowest BCUT2D eigenvalue weighted by atomic mass is 10.0. The zero-order chi connectivity index (χ0) is 15.9. The first kappa shape index (κ1) is 17.7. The van der Waals surface area contributed by atoms with E-state index in [1.54, 1.807) is 0 Å². The van der Waals surface area contributed by atoms with Crippen LogP contribution in [0.25, 0.3) is 0 Å². The summed E-state index contributed by atoms with van der Waals surface area (Å²) in [5.74, 6) is -0.0856. The molecule has 2 unspecified atom stereocenters. The Bertz CT molecular complexity index is 423. The number of hydrogen-bond donors (Lipinski definition) is 0. The number of quaternary nitrogens is 1. The fourth-order valence-corrected chi connectivity index (χ4v) is 2.21. The van der Waals surface area contributed by atoms with Gasteiger partial charge in [0, 0.05) is 6.42 Å². The lowest BCUT2D eigenvalue weighted by Gasteiger charge is -2.36. The summed E-state index contributed by atoms with van der Waals surface area (Å²) in [7, 11) is 6.39. The van der Waals surface area contributed by atoms with Gasteiger partial charge in [0.25, 0.3) is 0 Å². The fourth-order valence-electron chi connectivity index (χ4n) is 2.21. The van der Waals surface area contributed by atoms with Gasteiger partial charge in [-0.25, -0.2) is 0 Å². The van der Waals surface area contributed by atoms with Crippen LogP contribution in [0.5, 0.6) is 0 Å². The highest BCUT2D eigenvalue weighted by Gasteiger charge is 2.32. The van der Waals surface area contributed by atoms with Crippen LogP contribution in [0.2, 0.25) is 0 Å². The SMILES string of the molecule is CCCCCC(=O)OC(c1ccccc1)C(C)[N+](C)(C)C. The largest absolute Gasteiger partial charge is 0.451 e. The zero-order valence-electron chi connectivity index (χ0n) is 14.1. The number of unbranched alkanes of at least 4 members (excludes halogenated alkanes) is 2. The first-order valence-corrected chi connectivity index (χ1v) is 7.91. The molecular weight excluding hydrogens is 262 g/mol. The first-order chi connectivity index (χ1) is 9.86. The van der Waals surface area contributed by atoms with Crippen molar-refractivity contribution >= 4 is 5.97 Å². The van der Waals surface area contributed by atoms with Crippen LogP contribution in [0.3, 0.4) is 0 Å². The summed E-state index contributed by atoms with van der Waals surface area (Å²) in [6, 6.07) is 10.3. The number of hydrogen-bond acceptors (Lipinski definition) is 2. The Labute approximate surface area is 129 Å². The monoisotopic (exact) mass is 292 g/mol. The van der Waals surface area contributed by atoms with E-state index in [2.05, 4.69) is 35.0 Å². The van der Waals surface area contributed by atoms with E-state index in [-0.39, 0.29) is 18.1 Å². The quantitative estimate of drug-likeness (QED) is 0.412. The van der Waals surface area contributed by atoms with Crippen molar-refractivity contribution in [2.75, 3.05) is 21.1 Å². The van der Waals surface area contributed by atoms with Crippen molar-refractivity contribution < 1.29 is 14.0 Å². The average molecular weight is 292 g/mol. The molecule has 1 aromatic carbocycles. The minimum absolute atomic E-state index is 0.0856. The third-order valence-corrected chi connectivity index (χ3v) is 4.03. The summed E-state index contributed by atoms with van der Waals surface area (Å²) < 4.78 is 6.57. The molecule has 3 nitrogen and oxygen atoms in total. The van der Waals surface area contributed by atoms with Crippen LogP contribution in [0.15, 0.2) is 30.3 Å². The topological polar surface area (TPSA) is 26.3 Å². The van der Waals surface area contributed by atoms with Gasteiger partial charge in [0.2, 0.25) is 0 Å². The van der Waals surface area contributed by atoms with Gasteiger partial charge in [0.05, 0.1) is 21.1 Å². The Kier molecular flexibility index (Phi) is 6.90. The molecule has 3 heteroatoms. The molecule has 0 heterocycles. The van der Waals surface area contributed by atoms with Gasteiger partial charge in [0.15, 0.2) is 6.10 Å². The standard InChI is InChI=1S/C18H30NO2/c1-6-7-9-14-17(20)21-18(15(2)19(3,4)5)16-12-10-8-11-13-16/h8,10-13,15,18H,6-7,9,14H2,1-5H3/q+1. The van der Waals surface area contributed by atoms with Crippen LogP contribution in [0.4, 0.5) is 0 Å². The van der Waals surface area contributed by atoms with Gasteiger partial charge in [-0.3, -0.25) is 4.79 Å². The van der Waals surface area contributed by atoms with E-state index in [9.17, 15) is 4.79 Å². The van der Waals surface area contributed by atoms with E-state index in [0.29, 0.717) is 6.42 Å². The van der Waals surface area contributed by atoms with Crippen LogP contribution >= 0.6 is 0 Å². The van der Waals surface area contributed by atoms with Crippen LogP contribution in [-0.4, -0.2) is 37.6 Å². The summed E-state index contributed by atoms with van der Waals surface area (Å²) in [6.45, 7) is 4.27. The highest BCUT2D eigenvalue weighted by Crippen LogP contribution is 2.27. The van der Waals surface area contributed by atoms with Gasteiger partial charge in [-0.2, -0.15) is 0 Å². The van der Waals surface area contributed by atoms with E-state index in [4.69, 9.17) is 4.74 Å². The smallest absolute Gasteiger partial charge is 0.306 e. The van der Waals surface area contributed by atoms with Crippen LogP contribution in [0, 0.1) is 0 Å². The average Bonchev–Trinajstić information content (AvgIpc) is 2.44. The van der Waals surface area contributed by atoms with E-state index in [0.717, 1.165) is 29.3 Å². The lowest BCUT2D eigenvalue weighted by molar-refractivity contribution is -0.898. The van der Waals surface area contributed by atoms with Gasteiger partial charge in [-0.15, -0.1) is 0 Å². The predicted octanol–water partition coefficient (Wildman–Crippen LogP) is 3.95. The van der Waals surface area contributed by atoms with Crippen molar-refractivity contribution in [2.45, 2.75) is 51.7 Å². The van der Waals surface area contributed by atoms with Gasteiger partial charge in [0.1, 0.15) is 6.04 Å². The molecule has 0 aliphatic carbocycles. The Balaban J connectivity index is 2.81. The predicted molar refractivity (Wildman–Crippen MR) is 86.9 cm³/mol. The maximum absolute atomic E-state index is 12.1. The molecule has 0 saturated carbocycles.